The minimum Gasteiger partial charge on any atom is -0.464 e. The predicted octanol–water partition coefficient (Wildman–Crippen LogP) is 4.08. The Bertz CT molecular complexity index is 802. The fourth-order valence-electron chi connectivity index (χ4n) is 3.81. The molecular formula is C23H28N2O3. The zero-order chi connectivity index (χ0) is 20.1. The van der Waals surface area contributed by atoms with Crippen molar-refractivity contribution in [1.82, 2.24) is 10.6 Å². The van der Waals surface area contributed by atoms with E-state index in [-0.39, 0.29) is 23.8 Å². The van der Waals surface area contributed by atoms with Crippen LogP contribution in [0.4, 0.5) is 4.79 Å². The first-order valence-electron chi connectivity index (χ1n) is 9.90. The Hall–Kier alpha value is -2.82. The molecule has 148 valence electrons. The fourth-order valence-corrected chi connectivity index (χ4v) is 3.81. The quantitative estimate of drug-likeness (QED) is 0.712. The number of hydrogen-bond donors (Lipinski definition) is 2. The average Bonchev–Trinajstić information content (AvgIpc) is 3.00. The van der Waals surface area contributed by atoms with Gasteiger partial charge >= 0.3 is 12.0 Å². The number of fused-ring (bicyclic) bond motifs is 3. The van der Waals surface area contributed by atoms with Gasteiger partial charge in [-0.05, 0) is 41.5 Å². The highest BCUT2D eigenvalue weighted by atomic mass is 16.5. The molecule has 0 aliphatic heterocycles. The highest BCUT2D eigenvalue weighted by molar-refractivity contribution is 5.84. The zero-order valence-corrected chi connectivity index (χ0v) is 16.7. The Balaban J connectivity index is 1.68. The maximum absolute atomic E-state index is 12.5. The molecule has 0 heterocycles. The van der Waals surface area contributed by atoms with Gasteiger partial charge in [0.15, 0.2) is 0 Å². The number of carbonyl (C=O) groups is 2. The number of ether oxygens (including phenoxy) is 1. The van der Waals surface area contributed by atoms with Crippen LogP contribution in [0.3, 0.4) is 0 Å². The van der Waals surface area contributed by atoms with E-state index < -0.39 is 6.04 Å². The van der Waals surface area contributed by atoms with Crippen molar-refractivity contribution in [3.8, 4) is 11.1 Å². The van der Waals surface area contributed by atoms with Crippen LogP contribution in [0.5, 0.6) is 0 Å². The van der Waals surface area contributed by atoms with Gasteiger partial charge < -0.3 is 15.4 Å². The lowest BCUT2D eigenvalue weighted by molar-refractivity contribution is -0.145. The van der Waals surface area contributed by atoms with Crippen LogP contribution < -0.4 is 10.6 Å². The molecule has 0 spiro atoms. The maximum atomic E-state index is 12.5. The van der Waals surface area contributed by atoms with Crippen LogP contribution in [0, 0.1) is 5.92 Å². The van der Waals surface area contributed by atoms with Gasteiger partial charge in [0.05, 0.1) is 6.61 Å². The Labute approximate surface area is 166 Å². The summed E-state index contributed by atoms with van der Waals surface area (Å²) in [4.78, 5) is 24.6. The number of amides is 2. The molecule has 1 aliphatic carbocycles. The highest BCUT2D eigenvalue weighted by Gasteiger charge is 2.29. The number of nitrogens with one attached hydrogen (secondary N) is 2. The van der Waals surface area contributed by atoms with Gasteiger partial charge in [-0.2, -0.15) is 0 Å². The number of urea groups is 1. The van der Waals surface area contributed by atoms with Crippen molar-refractivity contribution >= 4 is 12.0 Å². The van der Waals surface area contributed by atoms with Crippen molar-refractivity contribution < 1.29 is 14.3 Å². The smallest absolute Gasteiger partial charge is 0.328 e. The van der Waals surface area contributed by atoms with Crippen LogP contribution in [-0.4, -0.2) is 31.2 Å². The van der Waals surface area contributed by atoms with Gasteiger partial charge in [0.25, 0.3) is 0 Å². The van der Waals surface area contributed by atoms with Gasteiger partial charge in [0.1, 0.15) is 6.04 Å². The maximum Gasteiger partial charge on any atom is 0.328 e. The molecule has 0 bridgehead atoms. The van der Waals surface area contributed by atoms with Crippen molar-refractivity contribution in [2.75, 3.05) is 13.2 Å². The molecule has 2 N–H and O–H groups in total. The van der Waals surface area contributed by atoms with Gasteiger partial charge in [0, 0.05) is 12.5 Å². The Morgan fingerprint density at radius 1 is 1.00 bits per heavy atom. The van der Waals surface area contributed by atoms with E-state index in [1.807, 2.05) is 38.1 Å². The summed E-state index contributed by atoms with van der Waals surface area (Å²) >= 11 is 0. The summed E-state index contributed by atoms with van der Waals surface area (Å²) in [7, 11) is 0. The third-order valence-electron chi connectivity index (χ3n) is 5.01. The third-order valence-corrected chi connectivity index (χ3v) is 5.01. The molecule has 1 atom stereocenters. The number of esters is 1. The molecule has 0 fully saturated rings. The third kappa shape index (κ3) is 4.35. The first kappa shape index (κ1) is 19.9. The minimum atomic E-state index is -0.636. The molecule has 5 nitrogen and oxygen atoms in total. The molecule has 1 aliphatic rings. The van der Waals surface area contributed by atoms with Crippen LogP contribution in [0.2, 0.25) is 0 Å². The summed E-state index contributed by atoms with van der Waals surface area (Å²) in [6, 6.07) is 15.6. The van der Waals surface area contributed by atoms with E-state index >= 15 is 0 Å². The summed E-state index contributed by atoms with van der Waals surface area (Å²) < 4.78 is 5.10. The van der Waals surface area contributed by atoms with Gasteiger partial charge in [-0.25, -0.2) is 9.59 Å². The Morgan fingerprint density at radius 2 is 1.57 bits per heavy atom. The van der Waals surface area contributed by atoms with Crippen molar-refractivity contribution in [3.63, 3.8) is 0 Å². The van der Waals surface area contributed by atoms with Crippen LogP contribution in [0.25, 0.3) is 11.1 Å². The summed E-state index contributed by atoms with van der Waals surface area (Å²) in [6.07, 6.45) is 0.543. The second kappa shape index (κ2) is 8.91. The number of carbonyl (C=O) groups excluding carboxylic acids is 2. The number of hydrogen-bond acceptors (Lipinski definition) is 3. The molecule has 5 heteroatoms. The minimum absolute atomic E-state index is 0.101. The molecule has 0 saturated heterocycles. The van der Waals surface area contributed by atoms with Crippen molar-refractivity contribution in [2.45, 2.75) is 39.2 Å². The standard InChI is InChI=1S/C23H28N2O3/c1-4-28-22(26)21(13-15(2)3)25-23(27)24-14-20-18-11-7-5-9-16(18)17-10-6-8-12-19(17)20/h5-12,15,20-21H,4,13-14H2,1-3H3,(H2,24,25,27)/t21-/m0/s1. The van der Waals surface area contributed by atoms with Crippen LogP contribution in [-0.2, 0) is 9.53 Å². The van der Waals surface area contributed by atoms with Gasteiger partial charge in [-0.1, -0.05) is 62.4 Å². The van der Waals surface area contributed by atoms with E-state index in [4.69, 9.17) is 4.74 Å². The first-order chi connectivity index (χ1) is 13.5. The van der Waals surface area contributed by atoms with Crippen molar-refractivity contribution in [3.05, 3.63) is 59.7 Å². The largest absolute Gasteiger partial charge is 0.464 e. The van der Waals surface area contributed by atoms with Crippen molar-refractivity contribution in [2.24, 2.45) is 5.92 Å². The number of rotatable bonds is 7. The normalized spacial score (nSPS) is 13.6. The summed E-state index contributed by atoms with van der Waals surface area (Å²) in [5, 5.41) is 5.73. The van der Waals surface area contributed by atoms with E-state index in [9.17, 15) is 9.59 Å². The lowest BCUT2D eigenvalue weighted by atomic mass is 9.97. The molecule has 0 unspecified atom stereocenters. The van der Waals surface area contributed by atoms with Gasteiger partial charge in [-0.15, -0.1) is 0 Å². The van der Waals surface area contributed by atoms with E-state index in [0.29, 0.717) is 19.6 Å². The number of benzene rings is 2. The Kier molecular flexibility index (Phi) is 6.34. The van der Waals surface area contributed by atoms with Crippen LogP contribution >= 0.6 is 0 Å². The summed E-state index contributed by atoms with van der Waals surface area (Å²) in [6.45, 7) is 6.55. The second-order valence-electron chi connectivity index (χ2n) is 7.52. The summed E-state index contributed by atoms with van der Waals surface area (Å²) in [5.41, 5.74) is 4.87. The SMILES string of the molecule is CCOC(=O)[C@H](CC(C)C)NC(=O)NCC1c2ccccc2-c2ccccc21. The monoisotopic (exact) mass is 380 g/mol. The van der Waals surface area contributed by atoms with E-state index in [2.05, 4.69) is 34.9 Å². The first-order valence-corrected chi connectivity index (χ1v) is 9.90. The molecule has 3 rings (SSSR count). The molecule has 2 aromatic rings. The van der Waals surface area contributed by atoms with E-state index in [1.54, 1.807) is 6.92 Å². The molecule has 2 amide bonds. The van der Waals surface area contributed by atoms with Crippen LogP contribution in [0.15, 0.2) is 48.5 Å². The predicted molar refractivity (Wildman–Crippen MR) is 110 cm³/mol. The highest BCUT2D eigenvalue weighted by Crippen LogP contribution is 2.43. The average molecular weight is 380 g/mol. The Morgan fingerprint density at radius 3 is 2.11 bits per heavy atom. The molecular weight excluding hydrogens is 352 g/mol. The van der Waals surface area contributed by atoms with E-state index in [0.717, 1.165) is 0 Å². The topological polar surface area (TPSA) is 67.4 Å². The van der Waals surface area contributed by atoms with Gasteiger partial charge in [-0.3, -0.25) is 0 Å². The molecule has 0 aromatic heterocycles. The van der Waals surface area contributed by atoms with Crippen LogP contribution in [0.1, 0.15) is 44.2 Å². The molecule has 0 saturated carbocycles. The fraction of sp³-hybridized carbons (Fsp3) is 0.391. The molecule has 2 aromatic carbocycles. The second-order valence-corrected chi connectivity index (χ2v) is 7.52. The molecule has 0 radical (unpaired) electrons. The summed E-state index contributed by atoms with van der Waals surface area (Å²) in [5.74, 6) is -0.0181. The van der Waals surface area contributed by atoms with Gasteiger partial charge in [0.2, 0.25) is 0 Å². The molecule has 28 heavy (non-hydrogen) atoms. The lowest BCUT2D eigenvalue weighted by Crippen LogP contribution is -2.48. The lowest BCUT2D eigenvalue weighted by Gasteiger charge is -2.20. The van der Waals surface area contributed by atoms with E-state index in [1.165, 1.54) is 22.3 Å². The van der Waals surface area contributed by atoms with Crippen molar-refractivity contribution in [1.29, 1.82) is 0 Å². The zero-order valence-electron chi connectivity index (χ0n) is 16.7.